The molecule has 0 unspecified atom stereocenters. The number of ether oxygens (including phenoxy) is 1. The van der Waals surface area contributed by atoms with E-state index in [0.717, 1.165) is 18.7 Å². The molecule has 0 saturated carbocycles. The van der Waals surface area contributed by atoms with Crippen LogP contribution in [-0.4, -0.2) is 37.2 Å². The van der Waals surface area contributed by atoms with Crippen LogP contribution in [0.2, 0.25) is 0 Å². The molecule has 0 atom stereocenters. The number of hydrogen-bond acceptors (Lipinski definition) is 3. The van der Waals surface area contributed by atoms with Crippen LogP contribution in [0.5, 0.6) is 0 Å². The minimum absolute atomic E-state index is 0. The Balaban J connectivity index is 0.00000324. The second-order valence-electron chi connectivity index (χ2n) is 4.60. The van der Waals surface area contributed by atoms with Gasteiger partial charge in [0.2, 0.25) is 0 Å². The van der Waals surface area contributed by atoms with Crippen molar-refractivity contribution < 1.29 is 9.13 Å². The Bertz CT molecular complexity index is 350. The quantitative estimate of drug-likeness (QED) is 0.748. The summed E-state index contributed by atoms with van der Waals surface area (Å²) < 4.78 is 18.5. The zero-order valence-electron chi connectivity index (χ0n) is 11.6. The molecule has 1 aromatic rings. The third kappa shape index (κ3) is 7.47. The van der Waals surface area contributed by atoms with Crippen molar-refractivity contribution in [2.75, 3.05) is 26.3 Å². The fraction of sp³-hybridized carbons (Fsp3) is 0.571. The first-order valence-corrected chi connectivity index (χ1v) is 6.39. The van der Waals surface area contributed by atoms with Crippen LogP contribution < -0.4 is 5.73 Å². The summed E-state index contributed by atoms with van der Waals surface area (Å²) >= 11 is 0. The molecule has 0 aliphatic rings. The van der Waals surface area contributed by atoms with Gasteiger partial charge in [-0.05, 0) is 31.5 Å². The highest BCUT2D eigenvalue weighted by molar-refractivity contribution is 5.85. The Hall–Kier alpha value is -0.680. The number of rotatable bonds is 8. The van der Waals surface area contributed by atoms with Gasteiger partial charge in [0.05, 0.1) is 13.2 Å². The van der Waals surface area contributed by atoms with Crippen LogP contribution >= 0.6 is 12.4 Å². The zero-order valence-corrected chi connectivity index (χ0v) is 12.5. The van der Waals surface area contributed by atoms with Crippen LogP contribution in [0.1, 0.15) is 19.4 Å². The summed E-state index contributed by atoms with van der Waals surface area (Å²) in [5.41, 5.74) is 6.35. The van der Waals surface area contributed by atoms with E-state index in [9.17, 15) is 4.39 Å². The largest absolute Gasteiger partial charge is 0.379 e. The highest BCUT2D eigenvalue weighted by atomic mass is 35.5. The van der Waals surface area contributed by atoms with Gasteiger partial charge in [-0.15, -0.1) is 12.4 Å². The van der Waals surface area contributed by atoms with E-state index < -0.39 is 0 Å². The van der Waals surface area contributed by atoms with Gasteiger partial charge in [-0.25, -0.2) is 4.39 Å². The fourth-order valence-electron chi connectivity index (χ4n) is 1.76. The highest BCUT2D eigenvalue weighted by Crippen LogP contribution is 2.09. The average molecular weight is 291 g/mol. The van der Waals surface area contributed by atoms with Gasteiger partial charge in [-0.2, -0.15) is 0 Å². The van der Waals surface area contributed by atoms with Crippen molar-refractivity contribution in [3.8, 4) is 0 Å². The predicted octanol–water partition coefficient (Wildman–Crippen LogP) is 2.43. The van der Waals surface area contributed by atoms with Gasteiger partial charge >= 0.3 is 0 Å². The second kappa shape index (κ2) is 10.1. The van der Waals surface area contributed by atoms with Crippen molar-refractivity contribution in [1.29, 1.82) is 0 Å². The molecule has 1 aromatic carbocycles. The monoisotopic (exact) mass is 290 g/mol. The maximum absolute atomic E-state index is 13.1. The van der Waals surface area contributed by atoms with Crippen molar-refractivity contribution in [2.45, 2.75) is 26.4 Å². The van der Waals surface area contributed by atoms with E-state index in [1.54, 1.807) is 12.1 Å². The smallest absolute Gasteiger partial charge is 0.123 e. The van der Waals surface area contributed by atoms with Crippen molar-refractivity contribution >= 4 is 12.4 Å². The first-order valence-electron chi connectivity index (χ1n) is 6.39. The Labute approximate surface area is 121 Å². The lowest BCUT2D eigenvalue weighted by Gasteiger charge is -2.26. The van der Waals surface area contributed by atoms with Gasteiger partial charge in [0, 0.05) is 25.7 Å². The molecule has 0 heterocycles. The number of halogens is 2. The maximum Gasteiger partial charge on any atom is 0.123 e. The van der Waals surface area contributed by atoms with Crippen LogP contribution in [0.25, 0.3) is 0 Å². The molecule has 3 nitrogen and oxygen atoms in total. The Morgan fingerprint density at radius 1 is 1.32 bits per heavy atom. The molecule has 19 heavy (non-hydrogen) atoms. The molecule has 0 spiro atoms. The summed E-state index contributed by atoms with van der Waals surface area (Å²) in [7, 11) is 0. The van der Waals surface area contributed by atoms with E-state index in [1.165, 1.54) is 6.07 Å². The molecule has 2 N–H and O–H groups in total. The summed E-state index contributed by atoms with van der Waals surface area (Å²) in [5, 5.41) is 0. The lowest BCUT2D eigenvalue weighted by atomic mass is 10.2. The molecule has 0 aliphatic carbocycles. The zero-order chi connectivity index (χ0) is 13.4. The average Bonchev–Trinajstić information content (AvgIpc) is 2.33. The molecule has 0 fully saturated rings. The van der Waals surface area contributed by atoms with Gasteiger partial charge in [-0.3, -0.25) is 4.90 Å². The van der Waals surface area contributed by atoms with Gasteiger partial charge in [-0.1, -0.05) is 12.1 Å². The molecule has 110 valence electrons. The lowest BCUT2D eigenvalue weighted by Crippen LogP contribution is -2.33. The van der Waals surface area contributed by atoms with Gasteiger partial charge in [0.1, 0.15) is 5.82 Å². The van der Waals surface area contributed by atoms with Gasteiger partial charge in [0.25, 0.3) is 0 Å². The van der Waals surface area contributed by atoms with E-state index in [2.05, 4.69) is 18.7 Å². The fourth-order valence-corrected chi connectivity index (χ4v) is 1.76. The third-order valence-electron chi connectivity index (χ3n) is 2.79. The molecule has 0 bridgehead atoms. The number of benzene rings is 1. The van der Waals surface area contributed by atoms with Crippen LogP contribution in [-0.2, 0) is 11.3 Å². The first-order chi connectivity index (χ1) is 8.63. The Morgan fingerprint density at radius 3 is 2.63 bits per heavy atom. The molecule has 1 rings (SSSR count). The summed E-state index contributed by atoms with van der Waals surface area (Å²) in [4.78, 5) is 2.26. The number of nitrogens with two attached hydrogens (primary N) is 1. The number of nitrogens with zero attached hydrogens (tertiary/aromatic N) is 1. The summed E-state index contributed by atoms with van der Waals surface area (Å²) in [6, 6.07) is 7.13. The molecule has 0 saturated heterocycles. The lowest BCUT2D eigenvalue weighted by molar-refractivity contribution is 0.0938. The summed E-state index contributed by atoms with van der Waals surface area (Å²) in [6.45, 7) is 7.61. The van der Waals surface area contributed by atoms with Crippen molar-refractivity contribution in [3.05, 3.63) is 35.6 Å². The summed E-state index contributed by atoms with van der Waals surface area (Å²) in [6.07, 6.45) is 0. The Kier molecular flexibility index (Phi) is 9.79. The van der Waals surface area contributed by atoms with Crippen LogP contribution in [0.3, 0.4) is 0 Å². The van der Waals surface area contributed by atoms with Gasteiger partial charge < -0.3 is 10.5 Å². The van der Waals surface area contributed by atoms with Crippen LogP contribution in [0.15, 0.2) is 24.3 Å². The molecule has 0 amide bonds. The molecule has 0 radical (unpaired) electrons. The van der Waals surface area contributed by atoms with E-state index in [4.69, 9.17) is 10.5 Å². The van der Waals surface area contributed by atoms with Crippen molar-refractivity contribution in [1.82, 2.24) is 4.90 Å². The molecule has 0 aromatic heterocycles. The normalized spacial score (nSPS) is 10.8. The molecular formula is C14H24ClFN2O. The minimum atomic E-state index is -0.185. The standard InChI is InChI=1S/C14H23FN2O.ClH/c1-12(2)17(7-9-18-8-6-16)11-13-4-3-5-14(15)10-13;/h3-5,10,12H,6-9,11,16H2,1-2H3;1H. The highest BCUT2D eigenvalue weighted by Gasteiger charge is 2.10. The van der Waals surface area contributed by atoms with E-state index in [1.807, 2.05) is 6.07 Å². The van der Waals surface area contributed by atoms with E-state index in [0.29, 0.717) is 25.8 Å². The molecule has 5 heteroatoms. The van der Waals surface area contributed by atoms with Crippen LogP contribution in [0, 0.1) is 5.82 Å². The molecule has 0 aliphatic heterocycles. The minimum Gasteiger partial charge on any atom is -0.379 e. The van der Waals surface area contributed by atoms with E-state index >= 15 is 0 Å². The maximum atomic E-state index is 13.1. The predicted molar refractivity (Wildman–Crippen MR) is 79.1 cm³/mol. The third-order valence-corrected chi connectivity index (χ3v) is 2.79. The number of hydrogen-bond donors (Lipinski definition) is 1. The Morgan fingerprint density at radius 2 is 2.05 bits per heavy atom. The summed E-state index contributed by atoms with van der Waals surface area (Å²) in [5.74, 6) is -0.185. The van der Waals surface area contributed by atoms with Crippen LogP contribution in [0.4, 0.5) is 4.39 Å². The van der Waals surface area contributed by atoms with Crippen molar-refractivity contribution in [3.63, 3.8) is 0 Å². The van der Waals surface area contributed by atoms with Crippen molar-refractivity contribution in [2.24, 2.45) is 5.73 Å². The SMILES string of the molecule is CC(C)N(CCOCCN)Cc1cccc(F)c1.Cl. The first kappa shape index (κ1) is 18.3. The van der Waals surface area contributed by atoms with E-state index in [-0.39, 0.29) is 18.2 Å². The second-order valence-corrected chi connectivity index (χ2v) is 4.60. The topological polar surface area (TPSA) is 38.5 Å². The van der Waals surface area contributed by atoms with Gasteiger partial charge in [0.15, 0.2) is 0 Å². The molecular weight excluding hydrogens is 267 g/mol.